The number of methoxy groups -OCH3 is 2. The average molecular weight is 412 g/mol. The lowest BCUT2D eigenvalue weighted by molar-refractivity contribution is 0.0956. The summed E-state index contributed by atoms with van der Waals surface area (Å²) >= 11 is 0. The number of carbonyl (C=O) groups is 1. The molecule has 0 saturated carbocycles. The van der Waals surface area contributed by atoms with Gasteiger partial charge in [-0.15, -0.1) is 0 Å². The molecule has 0 atom stereocenters. The molecule has 31 heavy (non-hydrogen) atoms. The third kappa shape index (κ3) is 4.51. The summed E-state index contributed by atoms with van der Waals surface area (Å²) in [5.74, 6) is 0.927. The first-order valence-electron chi connectivity index (χ1n) is 9.54. The number of hydrogen-bond donors (Lipinski definition) is 1. The number of para-hydroxylation sites is 1. The predicted molar refractivity (Wildman–Crippen MR) is 120 cm³/mol. The number of ether oxygens (including phenoxy) is 2. The van der Waals surface area contributed by atoms with Gasteiger partial charge in [-0.2, -0.15) is 5.10 Å². The zero-order valence-corrected chi connectivity index (χ0v) is 17.1. The topological polar surface area (TPSA) is 85.7 Å². The fraction of sp³-hybridized carbons (Fsp3) is 0.0833. The number of benzene rings is 2. The molecule has 0 fully saturated rings. The van der Waals surface area contributed by atoms with Crippen LogP contribution >= 0.6 is 0 Å². The van der Waals surface area contributed by atoms with Crippen molar-refractivity contribution in [2.45, 2.75) is 0 Å². The Hall–Kier alpha value is -4.26. The maximum Gasteiger partial charge on any atom is 0.272 e. The Bertz CT molecular complexity index is 1230. The first-order chi connectivity index (χ1) is 15.2. The van der Waals surface area contributed by atoms with Crippen LogP contribution in [0.1, 0.15) is 15.9 Å². The van der Waals surface area contributed by atoms with Gasteiger partial charge in [0.1, 0.15) is 11.5 Å². The van der Waals surface area contributed by atoms with Crippen molar-refractivity contribution in [1.82, 2.24) is 15.4 Å². The number of hydrogen-bond acceptors (Lipinski definition) is 6. The monoisotopic (exact) mass is 412 g/mol. The van der Waals surface area contributed by atoms with Gasteiger partial charge >= 0.3 is 0 Å². The Morgan fingerprint density at radius 1 is 1.00 bits per heavy atom. The number of pyridine rings is 2. The molecule has 0 radical (unpaired) electrons. The Morgan fingerprint density at radius 2 is 1.77 bits per heavy atom. The summed E-state index contributed by atoms with van der Waals surface area (Å²) in [7, 11) is 3.15. The molecule has 2 aromatic carbocycles. The fourth-order valence-electron chi connectivity index (χ4n) is 3.16. The summed E-state index contributed by atoms with van der Waals surface area (Å²) in [5.41, 5.74) is 6.02. The molecule has 0 aliphatic carbocycles. The van der Waals surface area contributed by atoms with Crippen LogP contribution in [0.3, 0.4) is 0 Å². The maximum atomic E-state index is 13.0. The summed E-state index contributed by atoms with van der Waals surface area (Å²) in [4.78, 5) is 21.8. The largest absolute Gasteiger partial charge is 0.497 e. The molecule has 0 bridgehead atoms. The number of fused-ring (bicyclic) bond motifs is 1. The summed E-state index contributed by atoms with van der Waals surface area (Å²) < 4.78 is 10.5. The van der Waals surface area contributed by atoms with Crippen LogP contribution in [0.25, 0.3) is 22.2 Å². The Balaban J connectivity index is 1.64. The number of aromatic nitrogens is 2. The van der Waals surface area contributed by atoms with Crippen LogP contribution in [0.15, 0.2) is 78.2 Å². The van der Waals surface area contributed by atoms with Gasteiger partial charge in [0, 0.05) is 35.0 Å². The normalized spacial score (nSPS) is 10.9. The van der Waals surface area contributed by atoms with Gasteiger partial charge in [0.25, 0.3) is 5.91 Å². The minimum atomic E-state index is -0.338. The highest BCUT2D eigenvalue weighted by atomic mass is 16.5. The minimum absolute atomic E-state index is 0.338. The molecule has 7 heteroatoms. The molecule has 7 nitrogen and oxygen atoms in total. The number of nitrogens with zero attached hydrogens (tertiary/aromatic N) is 3. The quantitative estimate of drug-likeness (QED) is 0.381. The van der Waals surface area contributed by atoms with E-state index in [0.29, 0.717) is 22.8 Å². The zero-order valence-electron chi connectivity index (χ0n) is 17.1. The van der Waals surface area contributed by atoms with Crippen molar-refractivity contribution in [1.29, 1.82) is 0 Å². The molecule has 2 heterocycles. The lowest BCUT2D eigenvalue weighted by Gasteiger charge is -2.09. The molecule has 0 saturated heterocycles. The van der Waals surface area contributed by atoms with Crippen LogP contribution < -0.4 is 14.9 Å². The molecule has 4 rings (SSSR count). The molecule has 1 N–H and O–H groups in total. The van der Waals surface area contributed by atoms with E-state index >= 15 is 0 Å². The second-order valence-electron chi connectivity index (χ2n) is 6.66. The van der Waals surface area contributed by atoms with Crippen molar-refractivity contribution in [3.63, 3.8) is 0 Å². The van der Waals surface area contributed by atoms with E-state index in [1.54, 1.807) is 50.9 Å². The van der Waals surface area contributed by atoms with E-state index in [1.807, 2.05) is 36.4 Å². The summed E-state index contributed by atoms with van der Waals surface area (Å²) in [6.45, 7) is 0. The van der Waals surface area contributed by atoms with Crippen LogP contribution in [0.2, 0.25) is 0 Å². The molecule has 0 aliphatic heterocycles. The number of rotatable bonds is 6. The van der Waals surface area contributed by atoms with E-state index in [2.05, 4.69) is 20.5 Å². The van der Waals surface area contributed by atoms with Crippen LogP contribution in [0.5, 0.6) is 11.5 Å². The van der Waals surface area contributed by atoms with Crippen molar-refractivity contribution in [2.75, 3.05) is 14.2 Å². The summed E-state index contributed by atoms with van der Waals surface area (Å²) in [6, 6.07) is 18.3. The second-order valence-corrected chi connectivity index (χ2v) is 6.66. The van der Waals surface area contributed by atoms with Gasteiger partial charge in [-0.3, -0.25) is 9.78 Å². The lowest BCUT2D eigenvalue weighted by atomic mass is 10.0. The number of nitrogens with one attached hydrogen (secondary N) is 1. The standard InChI is InChI=1S/C24H20N4O3/c1-30-18-10-16(11-19(12-18)31-2)14-26-28-24(29)21-13-23(17-6-5-9-25-15-17)27-22-8-4-3-7-20(21)22/h3-15H,1-2H3,(H,28,29). The molecule has 2 aromatic heterocycles. The Morgan fingerprint density at radius 3 is 2.48 bits per heavy atom. The lowest BCUT2D eigenvalue weighted by Crippen LogP contribution is -2.18. The summed E-state index contributed by atoms with van der Waals surface area (Å²) in [5, 5.41) is 4.85. The van der Waals surface area contributed by atoms with Gasteiger partial charge in [-0.25, -0.2) is 10.4 Å². The van der Waals surface area contributed by atoms with Crippen molar-refractivity contribution in [3.05, 3.63) is 84.2 Å². The highest BCUT2D eigenvalue weighted by Gasteiger charge is 2.13. The highest BCUT2D eigenvalue weighted by molar-refractivity contribution is 6.07. The van der Waals surface area contributed by atoms with Gasteiger partial charge in [0.05, 0.1) is 37.2 Å². The van der Waals surface area contributed by atoms with E-state index in [-0.39, 0.29) is 5.91 Å². The molecule has 0 unspecified atom stereocenters. The second kappa shape index (κ2) is 9.04. The molecule has 1 amide bonds. The van der Waals surface area contributed by atoms with Crippen LogP contribution in [0.4, 0.5) is 0 Å². The maximum absolute atomic E-state index is 13.0. The number of carbonyl (C=O) groups excluding carboxylic acids is 1. The van der Waals surface area contributed by atoms with Crippen molar-refractivity contribution >= 4 is 23.0 Å². The third-order valence-electron chi connectivity index (χ3n) is 4.67. The molecular formula is C24H20N4O3. The molecular weight excluding hydrogens is 392 g/mol. The Labute approximate surface area is 179 Å². The van der Waals surface area contributed by atoms with Crippen molar-refractivity contribution in [2.24, 2.45) is 5.10 Å². The third-order valence-corrected chi connectivity index (χ3v) is 4.67. The zero-order chi connectivity index (χ0) is 21.6. The number of amides is 1. The van der Waals surface area contributed by atoms with E-state index < -0.39 is 0 Å². The van der Waals surface area contributed by atoms with Gasteiger partial charge in [-0.1, -0.05) is 18.2 Å². The average Bonchev–Trinajstić information content (AvgIpc) is 2.83. The number of hydrazone groups is 1. The smallest absolute Gasteiger partial charge is 0.272 e. The highest BCUT2D eigenvalue weighted by Crippen LogP contribution is 2.24. The van der Waals surface area contributed by atoms with Crippen molar-refractivity contribution in [3.8, 4) is 22.8 Å². The van der Waals surface area contributed by atoms with E-state index in [4.69, 9.17) is 9.47 Å². The predicted octanol–water partition coefficient (Wildman–Crippen LogP) is 4.08. The molecule has 154 valence electrons. The van der Waals surface area contributed by atoms with Crippen LogP contribution in [-0.4, -0.2) is 36.3 Å². The van der Waals surface area contributed by atoms with Crippen LogP contribution in [0, 0.1) is 0 Å². The molecule has 0 aliphatic rings. The first-order valence-corrected chi connectivity index (χ1v) is 9.54. The van der Waals surface area contributed by atoms with E-state index in [1.165, 1.54) is 6.21 Å². The fourth-order valence-corrected chi connectivity index (χ4v) is 3.16. The first kappa shape index (κ1) is 20.0. The summed E-state index contributed by atoms with van der Waals surface area (Å²) in [6.07, 6.45) is 4.95. The van der Waals surface area contributed by atoms with E-state index in [9.17, 15) is 4.79 Å². The SMILES string of the molecule is COc1cc(C=NNC(=O)c2cc(-c3cccnc3)nc3ccccc23)cc(OC)c1. The van der Waals surface area contributed by atoms with Crippen molar-refractivity contribution < 1.29 is 14.3 Å². The van der Waals surface area contributed by atoms with Crippen LogP contribution in [-0.2, 0) is 0 Å². The molecule has 4 aromatic rings. The Kier molecular flexibility index (Phi) is 5.84. The van der Waals surface area contributed by atoms with Gasteiger partial charge in [-0.05, 0) is 36.4 Å². The van der Waals surface area contributed by atoms with E-state index in [0.717, 1.165) is 22.0 Å². The van der Waals surface area contributed by atoms with Gasteiger partial charge in [0.15, 0.2) is 0 Å². The van der Waals surface area contributed by atoms with Gasteiger partial charge in [0.2, 0.25) is 0 Å². The minimum Gasteiger partial charge on any atom is -0.497 e. The molecule has 0 spiro atoms. The van der Waals surface area contributed by atoms with Gasteiger partial charge < -0.3 is 9.47 Å².